The number of phenolic OH excluding ortho intramolecular Hbond substituents is 1. The molecule has 40 heavy (non-hydrogen) atoms. The normalized spacial score (nSPS) is 14.8. The number of allylic oxidation sites excluding steroid dienone is 1. The molecule has 1 fully saturated rings. The number of phenols is 1. The van der Waals surface area contributed by atoms with Crippen LogP contribution in [0.3, 0.4) is 0 Å². The molecule has 10 heteroatoms. The first kappa shape index (κ1) is 30.2. The molecule has 3 N–H and O–H groups in total. The number of nitrogens with one attached hydrogen (secondary N) is 2. The number of hydrogen-bond acceptors (Lipinski definition) is 5. The van der Waals surface area contributed by atoms with E-state index in [2.05, 4.69) is 22.5 Å². The molecule has 3 aromatic rings. The molecule has 1 aromatic heterocycles. The second-order valence-electron chi connectivity index (χ2n) is 10.0. The third-order valence-corrected chi connectivity index (χ3v) is 8.41. The quantitative estimate of drug-likeness (QED) is 0.120. The molecule has 0 unspecified atom stereocenters. The van der Waals surface area contributed by atoms with Crippen LogP contribution in [0.1, 0.15) is 50.5 Å². The number of hydrogen-bond donors (Lipinski definition) is 3. The van der Waals surface area contributed by atoms with E-state index < -0.39 is 17.3 Å². The summed E-state index contributed by atoms with van der Waals surface area (Å²) in [4.78, 5) is 28.4. The molecule has 0 saturated heterocycles. The first-order valence-corrected chi connectivity index (χ1v) is 14.8. The minimum Gasteiger partial charge on any atom is -0.507 e. The van der Waals surface area contributed by atoms with Gasteiger partial charge < -0.3 is 15.4 Å². The number of aromatic hydroxyl groups is 1. The zero-order valence-corrected chi connectivity index (χ0v) is 23.5. The van der Waals surface area contributed by atoms with Crippen LogP contribution in [0.5, 0.6) is 5.75 Å². The Balaban J connectivity index is 1.46. The molecule has 0 spiro atoms. The fraction of sp³-hybridized carbons (Fsp3) is 0.400. The molecular formula is C30H32ClF3N2O3S. The summed E-state index contributed by atoms with van der Waals surface area (Å²) in [5, 5.41) is 14.2. The lowest BCUT2D eigenvalue weighted by Crippen LogP contribution is -2.17. The lowest BCUT2D eigenvalue weighted by Gasteiger charge is -2.17. The Labute approximate surface area is 240 Å². The molecule has 5 nitrogen and oxygen atoms in total. The van der Waals surface area contributed by atoms with E-state index in [0.717, 1.165) is 30.4 Å². The largest absolute Gasteiger partial charge is 0.507 e. The topological polar surface area (TPSA) is 82.2 Å². The van der Waals surface area contributed by atoms with Crippen molar-refractivity contribution in [2.75, 3.05) is 18.8 Å². The molecular weight excluding hydrogens is 561 g/mol. The summed E-state index contributed by atoms with van der Waals surface area (Å²) in [5.41, 5.74) is -1.07. The molecule has 1 heterocycles. The molecule has 1 saturated carbocycles. The Morgan fingerprint density at radius 3 is 2.67 bits per heavy atom. The summed E-state index contributed by atoms with van der Waals surface area (Å²) in [6, 6.07) is 7.15. The van der Waals surface area contributed by atoms with Gasteiger partial charge in [0, 0.05) is 40.0 Å². The Morgan fingerprint density at radius 1 is 1.15 bits per heavy atom. The smallest absolute Gasteiger partial charge is 0.416 e. The van der Waals surface area contributed by atoms with Crippen molar-refractivity contribution in [3.8, 4) is 16.9 Å². The summed E-state index contributed by atoms with van der Waals surface area (Å²) in [6.07, 6.45) is 7.17. The molecule has 0 aliphatic heterocycles. The van der Waals surface area contributed by atoms with Gasteiger partial charge in [0.2, 0.25) is 0 Å². The van der Waals surface area contributed by atoms with Gasteiger partial charge >= 0.3 is 6.18 Å². The van der Waals surface area contributed by atoms with Crippen molar-refractivity contribution in [2.45, 2.75) is 56.0 Å². The minimum atomic E-state index is -4.61. The molecule has 4 rings (SSSR count). The zero-order valence-electron chi connectivity index (χ0n) is 22.0. The van der Waals surface area contributed by atoms with Gasteiger partial charge in [-0.25, -0.2) is 0 Å². The third kappa shape index (κ3) is 7.92. The van der Waals surface area contributed by atoms with Gasteiger partial charge in [0.05, 0.1) is 16.2 Å². The molecule has 0 radical (unpaired) electrons. The number of alkyl halides is 3. The van der Waals surface area contributed by atoms with Gasteiger partial charge in [-0.2, -0.15) is 13.2 Å². The van der Waals surface area contributed by atoms with Crippen LogP contribution in [0.4, 0.5) is 13.2 Å². The number of Topliss-reactive ketones (excluding diaryl/α,β-unsaturated/α-hetero) is 1. The van der Waals surface area contributed by atoms with Crippen LogP contribution in [0, 0.1) is 5.92 Å². The summed E-state index contributed by atoms with van der Waals surface area (Å²) in [5.74, 6) is 0.301. The highest BCUT2D eigenvalue weighted by Crippen LogP contribution is 2.42. The highest BCUT2D eigenvalue weighted by Gasteiger charge is 2.31. The van der Waals surface area contributed by atoms with Crippen LogP contribution in [-0.4, -0.2) is 34.7 Å². The first-order valence-electron chi connectivity index (χ1n) is 13.4. The van der Waals surface area contributed by atoms with Gasteiger partial charge in [-0.05, 0) is 68.1 Å². The molecule has 2 aromatic carbocycles. The van der Waals surface area contributed by atoms with Crippen molar-refractivity contribution in [1.82, 2.24) is 10.3 Å². The number of benzene rings is 2. The number of rotatable bonds is 11. The second kappa shape index (κ2) is 13.7. The summed E-state index contributed by atoms with van der Waals surface area (Å²) < 4.78 is 40.6. The van der Waals surface area contributed by atoms with E-state index in [1.807, 2.05) is 0 Å². The average Bonchev–Trinajstić information content (AvgIpc) is 2.92. The number of halogens is 4. The predicted molar refractivity (Wildman–Crippen MR) is 155 cm³/mol. The number of aromatic nitrogens is 1. The molecule has 1 aliphatic rings. The van der Waals surface area contributed by atoms with E-state index in [9.17, 15) is 27.9 Å². The van der Waals surface area contributed by atoms with Gasteiger partial charge in [-0.15, -0.1) is 11.8 Å². The standard InChI is InChI=1S/C30H32ClF3N2O3S/c31-21-11-13-26(38)24(17-21)27-23-16-20(30(32,33)34)10-12-25(23)36-29(39)28(27)40-18-22(37)9-5-15-35-14-4-8-19-6-2-1-3-7-19/h4,8,10-13,16-17,19,35,38H,1-3,5-7,9,14-15,18H2,(H,36,39). The van der Waals surface area contributed by atoms with E-state index in [0.29, 0.717) is 25.3 Å². The Morgan fingerprint density at radius 2 is 1.93 bits per heavy atom. The lowest BCUT2D eigenvalue weighted by molar-refractivity contribution is -0.137. The Kier molecular flexibility index (Phi) is 10.4. The number of carbonyl (C=O) groups excluding carboxylic acids is 1. The van der Waals surface area contributed by atoms with Crippen molar-refractivity contribution in [3.05, 3.63) is 69.5 Å². The van der Waals surface area contributed by atoms with Gasteiger partial charge in [0.1, 0.15) is 11.5 Å². The maximum absolute atomic E-state index is 13.5. The minimum absolute atomic E-state index is 0.0382. The number of pyridine rings is 1. The number of thioether (sulfide) groups is 1. The number of ketones is 1. The van der Waals surface area contributed by atoms with Crippen molar-refractivity contribution in [3.63, 3.8) is 0 Å². The summed E-state index contributed by atoms with van der Waals surface area (Å²) in [6.45, 7) is 1.42. The van der Waals surface area contributed by atoms with Crippen LogP contribution in [0.25, 0.3) is 22.0 Å². The van der Waals surface area contributed by atoms with Crippen molar-refractivity contribution in [2.24, 2.45) is 5.92 Å². The predicted octanol–water partition coefficient (Wildman–Crippen LogP) is 7.74. The van der Waals surface area contributed by atoms with E-state index in [-0.39, 0.29) is 49.2 Å². The van der Waals surface area contributed by atoms with Crippen molar-refractivity contribution < 1.29 is 23.1 Å². The van der Waals surface area contributed by atoms with E-state index >= 15 is 0 Å². The molecule has 1 aliphatic carbocycles. The van der Waals surface area contributed by atoms with Gasteiger partial charge in [-0.1, -0.05) is 43.0 Å². The fourth-order valence-electron chi connectivity index (χ4n) is 4.97. The molecule has 214 valence electrons. The van der Waals surface area contributed by atoms with E-state index in [1.54, 1.807) is 0 Å². The fourth-order valence-corrected chi connectivity index (χ4v) is 6.14. The average molecular weight is 593 g/mol. The number of H-pyrrole nitrogens is 1. The zero-order chi connectivity index (χ0) is 28.7. The Hall–Kier alpha value is -2.75. The van der Waals surface area contributed by atoms with Crippen LogP contribution in [-0.2, 0) is 11.0 Å². The number of carbonyl (C=O) groups is 1. The second-order valence-corrected chi connectivity index (χ2v) is 11.5. The van der Waals surface area contributed by atoms with Crippen LogP contribution in [0.15, 0.2) is 58.2 Å². The van der Waals surface area contributed by atoms with Crippen LogP contribution < -0.4 is 10.9 Å². The van der Waals surface area contributed by atoms with Gasteiger partial charge in [0.15, 0.2) is 0 Å². The summed E-state index contributed by atoms with van der Waals surface area (Å²) in [7, 11) is 0. The molecule has 0 amide bonds. The number of aromatic amines is 1. The lowest BCUT2D eigenvalue weighted by atomic mass is 9.89. The van der Waals surface area contributed by atoms with Gasteiger partial charge in [0.25, 0.3) is 5.56 Å². The maximum Gasteiger partial charge on any atom is 0.416 e. The number of fused-ring (bicyclic) bond motifs is 1. The SMILES string of the molecule is O=C(CCCNCC=CC1CCCCC1)CSc1c(-c2cc(Cl)ccc2O)c2cc(C(F)(F)F)ccc2[nH]c1=O. The van der Waals surface area contributed by atoms with Crippen LogP contribution in [0.2, 0.25) is 5.02 Å². The highest BCUT2D eigenvalue weighted by molar-refractivity contribution is 8.00. The van der Waals surface area contributed by atoms with E-state index in [4.69, 9.17) is 11.6 Å². The van der Waals surface area contributed by atoms with Crippen LogP contribution >= 0.6 is 23.4 Å². The monoisotopic (exact) mass is 592 g/mol. The molecule has 0 atom stereocenters. The first-order chi connectivity index (χ1) is 19.1. The maximum atomic E-state index is 13.5. The Bertz CT molecular complexity index is 1430. The van der Waals surface area contributed by atoms with E-state index in [1.165, 1.54) is 56.4 Å². The molecule has 0 bridgehead atoms. The van der Waals surface area contributed by atoms with Crippen molar-refractivity contribution in [1.29, 1.82) is 0 Å². The van der Waals surface area contributed by atoms with Crippen molar-refractivity contribution >= 4 is 40.0 Å². The highest BCUT2D eigenvalue weighted by atomic mass is 35.5. The van der Waals surface area contributed by atoms with Gasteiger partial charge in [-0.3, -0.25) is 9.59 Å². The third-order valence-electron chi connectivity index (χ3n) is 7.03. The summed E-state index contributed by atoms with van der Waals surface area (Å²) >= 11 is 7.08.